The first-order valence-electron chi connectivity index (χ1n) is 13.5. The summed E-state index contributed by atoms with van der Waals surface area (Å²) in [4.78, 5) is 31.8. The highest BCUT2D eigenvalue weighted by Crippen LogP contribution is 2.39. The third kappa shape index (κ3) is 5.81. The lowest BCUT2D eigenvalue weighted by Gasteiger charge is -2.33. The van der Waals surface area contributed by atoms with Crippen molar-refractivity contribution < 1.29 is 23.1 Å². The summed E-state index contributed by atoms with van der Waals surface area (Å²) in [5.74, 6) is -1.40. The van der Waals surface area contributed by atoms with Gasteiger partial charge in [-0.05, 0) is 92.1 Å². The Morgan fingerprint density at radius 1 is 1.05 bits per heavy atom. The van der Waals surface area contributed by atoms with E-state index < -0.39 is 17.3 Å². The molecule has 0 spiro atoms. The van der Waals surface area contributed by atoms with Crippen LogP contribution < -0.4 is 5.32 Å². The van der Waals surface area contributed by atoms with Crippen LogP contribution in [0.1, 0.15) is 87.2 Å². The number of ether oxygens (including phenoxy) is 1. The second-order valence-electron chi connectivity index (χ2n) is 11.4. The molecule has 5 rings (SSSR count). The van der Waals surface area contributed by atoms with Gasteiger partial charge in [0.05, 0.1) is 16.6 Å². The number of fused-ring (bicyclic) bond motifs is 1. The number of nitrogens with one attached hydrogen (secondary N) is 1. The monoisotopic (exact) mass is 602 g/mol. The molecular formula is C29H33BrF2N4O3. The summed E-state index contributed by atoms with van der Waals surface area (Å²) in [6, 6.07) is 7.72. The number of anilines is 1. The molecular weight excluding hydrogens is 570 g/mol. The van der Waals surface area contributed by atoms with Crippen molar-refractivity contribution in [1.82, 2.24) is 14.5 Å². The second-order valence-corrected chi connectivity index (χ2v) is 12.3. The van der Waals surface area contributed by atoms with E-state index in [1.807, 2.05) is 31.4 Å². The van der Waals surface area contributed by atoms with Gasteiger partial charge in [-0.15, -0.1) is 0 Å². The van der Waals surface area contributed by atoms with Crippen LogP contribution in [0.25, 0.3) is 11.0 Å². The number of hydrogen-bond acceptors (Lipinski definition) is 4. The van der Waals surface area contributed by atoms with Crippen molar-refractivity contribution in [2.24, 2.45) is 0 Å². The molecule has 1 aliphatic heterocycles. The van der Waals surface area contributed by atoms with Crippen LogP contribution in [0.4, 0.5) is 19.5 Å². The summed E-state index contributed by atoms with van der Waals surface area (Å²) in [7, 11) is 0. The molecule has 0 bridgehead atoms. The molecule has 10 heteroatoms. The maximum atomic E-state index is 15.4. The summed E-state index contributed by atoms with van der Waals surface area (Å²) < 4.78 is 37.7. The molecule has 208 valence electrons. The largest absolute Gasteiger partial charge is 0.444 e. The van der Waals surface area contributed by atoms with Crippen molar-refractivity contribution >= 4 is 44.9 Å². The quantitative estimate of drug-likeness (QED) is 0.334. The van der Waals surface area contributed by atoms with Gasteiger partial charge in [0.1, 0.15) is 17.2 Å². The van der Waals surface area contributed by atoms with Gasteiger partial charge < -0.3 is 14.2 Å². The zero-order chi connectivity index (χ0) is 27.9. The normalized spacial score (nSPS) is 17.1. The van der Waals surface area contributed by atoms with Gasteiger partial charge in [-0.1, -0.05) is 18.9 Å². The first-order chi connectivity index (χ1) is 18.5. The van der Waals surface area contributed by atoms with E-state index in [1.165, 1.54) is 18.2 Å². The standard InChI is InChI=1S/C29H33BrF2N4O3/c1-29(2,3)39-28(38)35-13-11-17(12-14-35)19-15-24-23(16-22(19)32)33-27(36(24)18-7-4-5-8-18)34-26(37)25-20(30)9-6-10-21(25)31/h6,9-10,15-18H,4-5,7-8,11-14H2,1-3H3,(H,33,34,37). The average Bonchev–Trinajstić information content (AvgIpc) is 3.50. The fourth-order valence-corrected chi connectivity index (χ4v) is 6.17. The number of carbonyl (C=O) groups excluding carboxylic acids is 2. The second kappa shape index (κ2) is 10.9. The van der Waals surface area contributed by atoms with E-state index in [0.29, 0.717) is 41.5 Å². The summed E-state index contributed by atoms with van der Waals surface area (Å²) in [6.07, 6.45) is 4.81. The number of rotatable bonds is 4. The van der Waals surface area contributed by atoms with Crippen molar-refractivity contribution in [1.29, 1.82) is 0 Å². The molecule has 0 unspecified atom stereocenters. The molecule has 2 aromatic carbocycles. The van der Waals surface area contributed by atoms with E-state index >= 15 is 4.39 Å². The minimum atomic E-state index is -0.642. The van der Waals surface area contributed by atoms with Crippen LogP contribution in [0.2, 0.25) is 0 Å². The van der Waals surface area contributed by atoms with Crippen LogP contribution >= 0.6 is 15.9 Å². The number of hydrogen-bond donors (Lipinski definition) is 1. The first kappa shape index (κ1) is 27.6. The maximum Gasteiger partial charge on any atom is 0.410 e. The summed E-state index contributed by atoms with van der Waals surface area (Å²) in [5, 5.41) is 2.79. The fourth-order valence-electron chi connectivity index (χ4n) is 5.64. The van der Waals surface area contributed by atoms with Gasteiger partial charge >= 0.3 is 6.09 Å². The molecule has 0 radical (unpaired) electrons. The van der Waals surface area contributed by atoms with Gasteiger partial charge in [0, 0.05) is 29.7 Å². The van der Waals surface area contributed by atoms with Gasteiger partial charge in [0.25, 0.3) is 5.91 Å². The minimum absolute atomic E-state index is 0.0626. The molecule has 0 atom stereocenters. The smallest absolute Gasteiger partial charge is 0.410 e. The zero-order valence-corrected chi connectivity index (χ0v) is 24.0. The number of halogens is 3. The SMILES string of the molecule is CC(C)(C)OC(=O)N1CCC(c2cc3c(cc2F)nc(NC(=O)c2c(F)cccc2Br)n3C2CCCC2)CC1. The maximum absolute atomic E-state index is 15.4. The third-order valence-electron chi connectivity index (χ3n) is 7.50. The summed E-state index contributed by atoms with van der Waals surface area (Å²) in [6.45, 7) is 6.47. The Morgan fingerprint density at radius 3 is 2.38 bits per heavy atom. The molecule has 39 heavy (non-hydrogen) atoms. The number of amides is 2. The predicted molar refractivity (Wildman–Crippen MR) is 149 cm³/mol. The topological polar surface area (TPSA) is 76.5 Å². The number of aromatic nitrogens is 2. The number of nitrogens with zero attached hydrogens (tertiary/aromatic N) is 3. The fraction of sp³-hybridized carbons (Fsp3) is 0.483. The molecule has 2 aliphatic rings. The van der Waals surface area contributed by atoms with Crippen molar-refractivity contribution in [3.63, 3.8) is 0 Å². The molecule has 1 aliphatic carbocycles. The molecule has 2 amide bonds. The Hall–Kier alpha value is -3.01. The van der Waals surface area contributed by atoms with Crippen LogP contribution in [0.3, 0.4) is 0 Å². The molecule has 1 N–H and O–H groups in total. The molecule has 1 saturated heterocycles. The van der Waals surface area contributed by atoms with E-state index in [4.69, 9.17) is 4.74 Å². The highest BCUT2D eigenvalue weighted by Gasteiger charge is 2.31. The first-order valence-corrected chi connectivity index (χ1v) is 14.3. The van der Waals surface area contributed by atoms with Gasteiger partial charge in [-0.2, -0.15) is 0 Å². The Morgan fingerprint density at radius 2 is 1.74 bits per heavy atom. The summed E-state index contributed by atoms with van der Waals surface area (Å²) >= 11 is 3.26. The third-order valence-corrected chi connectivity index (χ3v) is 8.16. The van der Waals surface area contributed by atoms with Crippen LogP contribution in [0.15, 0.2) is 34.8 Å². The Bertz CT molecular complexity index is 1380. The van der Waals surface area contributed by atoms with E-state index in [-0.39, 0.29) is 35.4 Å². The average molecular weight is 604 g/mol. The lowest BCUT2D eigenvalue weighted by Crippen LogP contribution is -2.41. The van der Waals surface area contributed by atoms with E-state index in [1.54, 1.807) is 11.0 Å². The lowest BCUT2D eigenvalue weighted by atomic mass is 9.89. The highest BCUT2D eigenvalue weighted by molar-refractivity contribution is 9.10. The molecule has 1 aromatic heterocycles. The van der Waals surface area contributed by atoms with Crippen molar-refractivity contribution in [2.45, 2.75) is 76.9 Å². The van der Waals surface area contributed by atoms with Crippen LogP contribution in [-0.4, -0.2) is 45.1 Å². The number of carbonyl (C=O) groups is 2. The van der Waals surface area contributed by atoms with Crippen molar-refractivity contribution in [3.05, 3.63) is 57.6 Å². The number of imidazole rings is 1. The highest BCUT2D eigenvalue weighted by atomic mass is 79.9. The number of piperidine rings is 1. The van der Waals surface area contributed by atoms with Gasteiger partial charge in [0.15, 0.2) is 0 Å². The molecule has 2 fully saturated rings. The minimum Gasteiger partial charge on any atom is -0.444 e. The van der Waals surface area contributed by atoms with Gasteiger partial charge in [0.2, 0.25) is 5.95 Å². The summed E-state index contributed by atoms with van der Waals surface area (Å²) in [5.41, 5.74) is 1.10. The Kier molecular flexibility index (Phi) is 7.68. The molecule has 2 heterocycles. The van der Waals surface area contributed by atoms with Crippen LogP contribution in [0, 0.1) is 11.6 Å². The van der Waals surface area contributed by atoms with Crippen LogP contribution in [-0.2, 0) is 4.74 Å². The van der Waals surface area contributed by atoms with Gasteiger partial charge in [-0.25, -0.2) is 18.6 Å². The van der Waals surface area contributed by atoms with Crippen molar-refractivity contribution in [2.75, 3.05) is 18.4 Å². The molecule has 3 aromatic rings. The number of likely N-dealkylation sites (tertiary alicyclic amines) is 1. The Labute approximate surface area is 235 Å². The van der Waals surface area contributed by atoms with Gasteiger partial charge in [-0.3, -0.25) is 10.1 Å². The number of benzene rings is 2. The zero-order valence-electron chi connectivity index (χ0n) is 22.4. The predicted octanol–water partition coefficient (Wildman–Crippen LogP) is 7.56. The van der Waals surface area contributed by atoms with E-state index in [0.717, 1.165) is 31.2 Å². The van der Waals surface area contributed by atoms with E-state index in [2.05, 4.69) is 26.2 Å². The van der Waals surface area contributed by atoms with E-state index in [9.17, 15) is 14.0 Å². The Balaban J connectivity index is 1.44. The lowest BCUT2D eigenvalue weighted by molar-refractivity contribution is 0.0204. The van der Waals surface area contributed by atoms with Crippen molar-refractivity contribution in [3.8, 4) is 0 Å². The molecule has 1 saturated carbocycles. The molecule has 7 nitrogen and oxygen atoms in total. The van der Waals surface area contributed by atoms with Crippen LogP contribution in [0.5, 0.6) is 0 Å².